The van der Waals surface area contributed by atoms with Crippen LogP contribution in [0, 0.1) is 28.6 Å². The molecule has 1 aliphatic rings. The molecular weight excluding hydrogens is 500 g/mol. The molecule has 0 radical (unpaired) electrons. The highest BCUT2D eigenvalue weighted by Crippen LogP contribution is 2.43. The predicted octanol–water partition coefficient (Wildman–Crippen LogP) is 5.76. The summed E-state index contributed by atoms with van der Waals surface area (Å²) >= 11 is 0. The zero-order valence-electron chi connectivity index (χ0n) is 21.0. The Labute approximate surface area is 221 Å². The van der Waals surface area contributed by atoms with Crippen molar-refractivity contribution in [1.82, 2.24) is 14.5 Å². The van der Waals surface area contributed by atoms with Crippen LogP contribution in [0.2, 0.25) is 0 Å². The van der Waals surface area contributed by atoms with Gasteiger partial charge in [0.25, 0.3) is 5.88 Å². The van der Waals surface area contributed by atoms with E-state index in [1.54, 1.807) is 18.2 Å². The Morgan fingerprint density at radius 3 is 2.45 bits per heavy atom. The molecule has 2 aromatic carbocycles. The molecule has 4 aromatic rings. The zero-order chi connectivity index (χ0) is 26.9. The van der Waals surface area contributed by atoms with Crippen molar-refractivity contribution < 1.29 is 13.2 Å². The van der Waals surface area contributed by atoms with E-state index in [1.165, 1.54) is 12.4 Å². The van der Waals surface area contributed by atoms with Gasteiger partial charge in [-0.2, -0.15) is 10.5 Å². The van der Waals surface area contributed by atoms with E-state index in [0.717, 1.165) is 41.4 Å². The van der Waals surface area contributed by atoms with Gasteiger partial charge in [0.1, 0.15) is 17.9 Å². The fourth-order valence-corrected chi connectivity index (χ4v) is 6.18. The fraction of sp³-hybridized carbons (Fsp3) is 0.286. The third-order valence-corrected chi connectivity index (χ3v) is 8.15. The molecule has 10 heteroatoms. The van der Waals surface area contributed by atoms with Crippen LogP contribution in [0.25, 0.3) is 22.2 Å². The van der Waals surface area contributed by atoms with E-state index in [0.29, 0.717) is 17.0 Å². The summed E-state index contributed by atoms with van der Waals surface area (Å²) in [6, 6.07) is 17.2. The molecule has 0 spiro atoms. The van der Waals surface area contributed by atoms with Crippen molar-refractivity contribution in [2.75, 3.05) is 10.5 Å². The van der Waals surface area contributed by atoms with Crippen molar-refractivity contribution >= 4 is 26.6 Å². The number of rotatable bonds is 8. The minimum absolute atomic E-state index is 0.0115. The van der Waals surface area contributed by atoms with Gasteiger partial charge in [0, 0.05) is 35.6 Å². The second-order valence-electron chi connectivity index (χ2n) is 9.75. The summed E-state index contributed by atoms with van der Waals surface area (Å²) in [6.45, 7) is 3.72. The molecular formula is C28H26N6O3S. The molecule has 2 heterocycles. The lowest BCUT2D eigenvalue weighted by Crippen LogP contribution is -2.20. The number of nitrogens with zero attached hydrogens (tertiary/aromatic N) is 5. The average Bonchev–Trinajstić information content (AvgIpc) is 3.16. The Kier molecular flexibility index (Phi) is 6.75. The number of hydrogen-bond acceptors (Lipinski definition) is 7. The maximum Gasteiger partial charge on any atom is 0.256 e. The molecule has 5 rings (SSSR count). The minimum Gasteiger partial charge on any atom is -0.436 e. The monoisotopic (exact) mass is 526 g/mol. The summed E-state index contributed by atoms with van der Waals surface area (Å²) in [5.74, 6) is 0.654. The molecule has 1 fully saturated rings. The summed E-state index contributed by atoms with van der Waals surface area (Å²) < 4.78 is 35.5. The normalized spacial score (nSPS) is 13.6. The Morgan fingerprint density at radius 2 is 1.82 bits per heavy atom. The highest BCUT2D eigenvalue weighted by Gasteiger charge is 2.28. The van der Waals surface area contributed by atoms with Crippen molar-refractivity contribution in [3.8, 4) is 35.0 Å². The van der Waals surface area contributed by atoms with E-state index >= 15 is 0 Å². The van der Waals surface area contributed by atoms with Crippen molar-refractivity contribution in [2.45, 2.75) is 39.2 Å². The first kappa shape index (κ1) is 25.2. The molecule has 192 valence electrons. The molecule has 0 saturated heterocycles. The molecule has 1 aliphatic carbocycles. The van der Waals surface area contributed by atoms with Gasteiger partial charge in [0.2, 0.25) is 15.7 Å². The average molecular weight is 527 g/mol. The molecule has 2 aromatic heterocycles. The molecule has 0 bridgehead atoms. The van der Waals surface area contributed by atoms with Crippen LogP contribution in [-0.2, 0) is 10.0 Å². The Bertz CT molecular complexity index is 1690. The number of anilines is 1. The lowest BCUT2D eigenvalue weighted by molar-refractivity contribution is 0.324. The third kappa shape index (κ3) is 4.91. The van der Waals surface area contributed by atoms with Crippen LogP contribution >= 0.6 is 0 Å². The molecule has 1 saturated carbocycles. The van der Waals surface area contributed by atoms with Crippen LogP contribution in [0.1, 0.15) is 50.4 Å². The highest BCUT2D eigenvalue weighted by atomic mass is 32.2. The number of benzene rings is 2. The van der Waals surface area contributed by atoms with Crippen molar-refractivity contribution in [2.24, 2.45) is 5.92 Å². The molecule has 0 atom stereocenters. The van der Waals surface area contributed by atoms with E-state index in [4.69, 9.17) is 4.74 Å². The number of hydrogen-bond donors (Lipinski definition) is 1. The molecule has 0 aliphatic heterocycles. The van der Waals surface area contributed by atoms with Crippen LogP contribution in [0.5, 0.6) is 11.6 Å². The minimum atomic E-state index is -3.45. The summed E-state index contributed by atoms with van der Waals surface area (Å²) in [4.78, 5) is 8.13. The Morgan fingerprint density at radius 1 is 1.08 bits per heavy atom. The van der Waals surface area contributed by atoms with Gasteiger partial charge in [0.05, 0.1) is 22.5 Å². The number of sulfonamides is 1. The first-order valence-corrected chi connectivity index (χ1v) is 14.0. The number of fused-ring (bicyclic) bond motifs is 1. The summed E-state index contributed by atoms with van der Waals surface area (Å²) in [5.41, 5.74) is 3.57. The lowest BCUT2D eigenvalue weighted by atomic mass is 9.92. The number of nitriles is 2. The maximum atomic E-state index is 12.4. The lowest BCUT2D eigenvalue weighted by Gasteiger charge is -2.30. The van der Waals surface area contributed by atoms with Crippen molar-refractivity contribution in [3.05, 3.63) is 66.1 Å². The highest BCUT2D eigenvalue weighted by molar-refractivity contribution is 7.92. The first-order chi connectivity index (χ1) is 18.3. The molecule has 38 heavy (non-hydrogen) atoms. The van der Waals surface area contributed by atoms with Crippen LogP contribution in [0.15, 0.2) is 54.9 Å². The molecule has 0 amide bonds. The van der Waals surface area contributed by atoms with Crippen LogP contribution in [0.3, 0.4) is 0 Å². The van der Waals surface area contributed by atoms with Gasteiger partial charge >= 0.3 is 0 Å². The molecule has 9 nitrogen and oxygen atoms in total. The largest absolute Gasteiger partial charge is 0.436 e. The summed E-state index contributed by atoms with van der Waals surface area (Å²) in [5, 5.41) is 20.3. The topological polar surface area (TPSA) is 134 Å². The molecule has 0 unspecified atom stereocenters. The van der Waals surface area contributed by atoms with Gasteiger partial charge in [0.15, 0.2) is 0 Å². The second kappa shape index (κ2) is 10.2. The number of nitrogens with one attached hydrogen (secondary N) is 1. The molecule has 1 N–H and O–H groups in total. The van der Waals surface area contributed by atoms with Crippen LogP contribution in [0.4, 0.5) is 5.69 Å². The maximum absolute atomic E-state index is 12.4. The summed E-state index contributed by atoms with van der Waals surface area (Å²) in [7, 11) is -3.45. The smallest absolute Gasteiger partial charge is 0.256 e. The van der Waals surface area contributed by atoms with Crippen molar-refractivity contribution in [1.29, 1.82) is 10.5 Å². The van der Waals surface area contributed by atoms with E-state index in [1.807, 2.05) is 44.2 Å². The van der Waals surface area contributed by atoms with Crippen LogP contribution < -0.4 is 9.46 Å². The second-order valence-corrected chi connectivity index (χ2v) is 11.5. The van der Waals surface area contributed by atoms with E-state index in [2.05, 4.69) is 25.3 Å². The van der Waals surface area contributed by atoms with E-state index in [-0.39, 0.29) is 29.3 Å². The Hall–Kier alpha value is -4.41. The summed E-state index contributed by atoms with van der Waals surface area (Å²) in [6.07, 6.45) is 5.97. The van der Waals surface area contributed by atoms with Crippen molar-refractivity contribution in [3.63, 3.8) is 0 Å². The first-order valence-electron chi connectivity index (χ1n) is 12.4. The number of aromatic nitrogens is 3. The predicted molar refractivity (Wildman–Crippen MR) is 144 cm³/mol. The van der Waals surface area contributed by atoms with E-state index < -0.39 is 10.0 Å². The quantitative estimate of drug-likeness (QED) is 0.309. The number of ether oxygens (including phenoxy) is 1. The van der Waals surface area contributed by atoms with Gasteiger partial charge in [-0.05, 0) is 55.0 Å². The van der Waals surface area contributed by atoms with Gasteiger partial charge in [-0.3, -0.25) is 4.72 Å². The van der Waals surface area contributed by atoms with Gasteiger partial charge in [-0.15, -0.1) is 0 Å². The SMILES string of the molecule is CC(C)CS(=O)(=O)Nc1ccc(-c2c(C#N)c3ccc(Oc4nccnc4C#N)cc3n2C2CCC2)cc1. The van der Waals surface area contributed by atoms with Crippen LogP contribution in [-0.4, -0.2) is 28.7 Å². The van der Waals surface area contributed by atoms with Gasteiger partial charge in [-0.25, -0.2) is 18.4 Å². The fourth-order valence-electron chi connectivity index (χ4n) is 4.72. The third-order valence-electron chi connectivity index (χ3n) is 6.50. The Balaban J connectivity index is 1.57. The standard InChI is InChI=1S/C28H26N6O3S/c1-18(2)17-38(35,36)33-20-8-6-19(7-9-20)27-24(15-29)23-11-10-22(14-26(23)34(27)21-4-3-5-21)37-28-25(16-30)31-12-13-32-28/h6-14,18,21,33H,3-5,17H2,1-2H3. The van der Waals surface area contributed by atoms with Gasteiger partial charge in [-0.1, -0.05) is 26.0 Å². The van der Waals surface area contributed by atoms with E-state index in [9.17, 15) is 18.9 Å². The van der Waals surface area contributed by atoms with Gasteiger partial charge < -0.3 is 9.30 Å². The zero-order valence-corrected chi connectivity index (χ0v) is 21.9.